The summed E-state index contributed by atoms with van der Waals surface area (Å²) in [5, 5.41) is 23.0. The Hall–Kier alpha value is -2.68. The molecule has 0 unspecified atom stereocenters. The summed E-state index contributed by atoms with van der Waals surface area (Å²) in [5.74, 6) is 1.26. The molecule has 0 bridgehead atoms. The lowest BCUT2D eigenvalue weighted by Gasteiger charge is -2.11. The molecule has 0 radical (unpaired) electrons. The third-order valence-electron chi connectivity index (χ3n) is 4.20. The summed E-state index contributed by atoms with van der Waals surface area (Å²) in [7, 11) is 0. The van der Waals surface area contributed by atoms with Crippen LogP contribution in [0.3, 0.4) is 0 Å². The van der Waals surface area contributed by atoms with Crippen molar-refractivity contribution in [2.45, 2.75) is 17.5 Å². The van der Waals surface area contributed by atoms with E-state index in [2.05, 4.69) is 10.2 Å². The molecular weight excluding hydrogens is 428 g/mol. The average Bonchev–Trinajstić information content (AvgIpc) is 3.35. The van der Waals surface area contributed by atoms with Crippen LogP contribution in [0, 0.1) is 10.1 Å². The Bertz CT molecular complexity index is 1140. The minimum absolute atomic E-state index is 0.142. The summed E-state index contributed by atoms with van der Waals surface area (Å²) < 4.78 is 2.03. The van der Waals surface area contributed by atoms with E-state index >= 15 is 0 Å². The van der Waals surface area contributed by atoms with Gasteiger partial charge in [0.2, 0.25) is 0 Å². The van der Waals surface area contributed by atoms with E-state index in [0.717, 1.165) is 33.2 Å². The van der Waals surface area contributed by atoms with Crippen molar-refractivity contribution in [2.24, 2.45) is 0 Å². The second-order valence-corrected chi connectivity index (χ2v) is 8.44. The lowest BCUT2D eigenvalue weighted by molar-refractivity contribution is -0.380. The summed E-state index contributed by atoms with van der Waals surface area (Å²) in [4.78, 5) is 10.5. The lowest BCUT2D eigenvalue weighted by atomic mass is 10.2. The van der Waals surface area contributed by atoms with Gasteiger partial charge in [-0.1, -0.05) is 77.2 Å². The second kappa shape index (κ2) is 8.77. The summed E-state index contributed by atoms with van der Waals surface area (Å²) in [6, 6.07) is 19.2. The Labute approximate surface area is 180 Å². The van der Waals surface area contributed by atoms with Crippen molar-refractivity contribution < 1.29 is 4.92 Å². The van der Waals surface area contributed by atoms with E-state index < -0.39 is 0 Å². The van der Waals surface area contributed by atoms with E-state index in [9.17, 15) is 10.1 Å². The van der Waals surface area contributed by atoms with Gasteiger partial charge in [-0.2, -0.15) is 0 Å². The molecule has 6 nitrogen and oxygen atoms in total. The minimum atomic E-state index is -0.369. The zero-order valence-corrected chi connectivity index (χ0v) is 17.5. The van der Waals surface area contributed by atoms with Crippen molar-refractivity contribution in [1.82, 2.24) is 14.8 Å². The maximum atomic E-state index is 10.9. The predicted molar refractivity (Wildman–Crippen MR) is 117 cm³/mol. The van der Waals surface area contributed by atoms with Crippen LogP contribution in [0.15, 0.2) is 71.2 Å². The van der Waals surface area contributed by atoms with Gasteiger partial charge in [-0.15, -0.1) is 10.2 Å². The van der Waals surface area contributed by atoms with Gasteiger partial charge in [0.1, 0.15) is 0 Å². The van der Waals surface area contributed by atoms with Gasteiger partial charge in [-0.3, -0.25) is 14.7 Å². The van der Waals surface area contributed by atoms with Gasteiger partial charge in [0.25, 0.3) is 0 Å². The summed E-state index contributed by atoms with van der Waals surface area (Å²) in [6.07, 6.45) is 0. The molecule has 0 fully saturated rings. The van der Waals surface area contributed by atoms with Crippen LogP contribution < -0.4 is 0 Å². The second-order valence-electron chi connectivity index (χ2n) is 6.20. The molecule has 146 valence electrons. The fourth-order valence-corrected chi connectivity index (χ4v) is 4.75. The Balaban J connectivity index is 1.65. The van der Waals surface area contributed by atoms with Crippen LogP contribution in [0.5, 0.6) is 0 Å². The monoisotopic (exact) mass is 442 g/mol. The maximum Gasteiger partial charge on any atom is 0.324 e. The first-order valence-corrected chi connectivity index (χ1v) is 10.9. The van der Waals surface area contributed by atoms with Crippen molar-refractivity contribution in [3.8, 4) is 11.4 Å². The first kappa shape index (κ1) is 19.6. The number of benzene rings is 2. The number of halogens is 1. The molecule has 4 aromatic rings. The Morgan fingerprint density at radius 2 is 1.83 bits per heavy atom. The fourth-order valence-electron chi connectivity index (χ4n) is 2.83. The van der Waals surface area contributed by atoms with Crippen LogP contribution >= 0.6 is 34.7 Å². The third kappa shape index (κ3) is 4.50. The zero-order valence-electron chi connectivity index (χ0n) is 15.1. The van der Waals surface area contributed by atoms with Gasteiger partial charge >= 0.3 is 5.00 Å². The molecule has 4 rings (SSSR count). The van der Waals surface area contributed by atoms with E-state index in [1.807, 2.05) is 59.2 Å². The molecule has 0 spiro atoms. The highest BCUT2D eigenvalue weighted by Crippen LogP contribution is 2.32. The first-order chi connectivity index (χ1) is 14.1. The van der Waals surface area contributed by atoms with Crippen molar-refractivity contribution >= 4 is 39.7 Å². The highest BCUT2D eigenvalue weighted by molar-refractivity contribution is 7.98. The third-order valence-corrected chi connectivity index (χ3v) is 6.50. The van der Waals surface area contributed by atoms with E-state index in [-0.39, 0.29) is 9.92 Å². The molecule has 0 aliphatic rings. The van der Waals surface area contributed by atoms with Crippen LogP contribution in [-0.2, 0) is 12.3 Å². The van der Waals surface area contributed by atoms with Crippen molar-refractivity contribution in [1.29, 1.82) is 0 Å². The highest BCUT2D eigenvalue weighted by atomic mass is 35.5. The van der Waals surface area contributed by atoms with Crippen LogP contribution in [0.2, 0.25) is 5.02 Å². The average molecular weight is 443 g/mol. The number of nitrogens with zero attached hydrogens (tertiary/aromatic N) is 4. The van der Waals surface area contributed by atoms with Crippen LogP contribution in [0.1, 0.15) is 11.1 Å². The number of hydrogen-bond acceptors (Lipinski definition) is 6. The Kier molecular flexibility index (Phi) is 5.94. The molecule has 0 amide bonds. The number of rotatable bonds is 7. The standard InChI is InChI=1S/C20H15ClN4O2S2/c21-17-9-5-4-8-16(17)19-22-23-20(24(19)11-14-6-2-1-3-7-14)29-13-15-10-18(25(26)27)28-12-15/h1-10,12H,11,13H2. The minimum Gasteiger partial charge on any atom is -0.297 e. The van der Waals surface area contributed by atoms with Crippen molar-refractivity contribution in [3.63, 3.8) is 0 Å². The highest BCUT2D eigenvalue weighted by Gasteiger charge is 2.18. The number of thiophene rings is 1. The molecule has 2 aromatic carbocycles. The van der Waals surface area contributed by atoms with Gasteiger partial charge in [0.05, 0.1) is 16.5 Å². The molecule has 0 N–H and O–H groups in total. The molecule has 0 saturated carbocycles. The summed E-state index contributed by atoms with van der Waals surface area (Å²) in [5.41, 5.74) is 2.82. The van der Waals surface area contributed by atoms with Crippen LogP contribution in [-0.4, -0.2) is 19.7 Å². The number of thioether (sulfide) groups is 1. The predicted octanol–water partition coefficient (Wildman–Crippen LogP) is 5.91. The van der Waals surface area contributed by atoms with Gasteiger partial charge in [0.15, 0.2) is 11.0 Å². The van der Waals surface area contributed by atoms with Gasteiger partial charge < -0.3 is 0 Å². The summed E-state index contributed by atoms with van der Waals surface area (Å²) >= 11 is 9.03. The molecule has 2 aromatic heterocycles. The lowest BCUT2D eigenvalue weighted by Crippen LogP contribution is -2.04. The number of aromatic nitrogens is 3. The molecule has 2 heterocycles. The molecular formula is C20H15ClN4O2S2. The van der Waals surface area contributed by atoms with Crippen molar-refractivity contribution in [2.75, 3.05) is 0 Å². The molecule has 9 heteroatoms. The van der Waals surface area contributed by atoms with Gasteiger partial charge in [-0.05, 0) is 23.3 Å². The van der Waals surface area contributed by atoms with E-state index in [1.54, 1.807) is 11.4 Å². The van der Waals surface area contributed by atoms with E-state index in [4.69, 9.17) is 11.6 Å². The van der Waals surface area contributed by atoms with Gasteiger partial charge in [0, 0.05) is 22.8 Å². The Morgan fingerprint density at radius 1 is 1.07 bits per heavy atom. The van der Waals surface area contributed by atoms with Crippen LogP contribution in [0.4, 0.5) is 5.00 Å². The Morgan fingerprint density at radius 3 is 2.55 bits per heavy atom. The largest absolute Gasteiger partial charge is 0.324 e. The quantitative estimate of drug-likeness (QED) is 0.202. The molecule has 0 atom stereocenters. The topological polar surface area (TPSA) is 73.8 Å². The number of hydrogen-bond donors (Lipinski definition) is 0. The first-order valence-electron chi connectivity index (χ1n) is 8.68. The smallest absolute Gasteiger partial charge is 0.297 e. The normalized spacial score (nSPS) is 10.9. The zero-order chi connectivity index (χ0) is 20.2. The molecule has 0 aliphatic carbocycles. The van der Waals surface area contributed by atoms with Crippen molar-refractivity contribution in [3.05, 3.63) is 92.3 Å². The number of nitro groups is 1. The van der Waals surface area contributed by atoms with E-state index in [0.29, 0.717) is 23.1 Å². The fraction of sp³-hybridized carbons (Fsp3) is 0.100. The molecule has 29 heavy (non-hydrogen) atoms. The van der Waals surface area contributed by atoms with Gasteiger partial charge in [-0.25, -0.2) is 0 Å². The molecule has 0 saturated heterocycles. The maximum absolute atomic E-state index is 10.9. The summed E-state index contributed by atoms with van der Waals surface area (Å²) in [6.45, 7) is 0.598. The molecule has 0 aliphatic heterocycles. The SMILES string of the molecule is O=[N+]([O-])c1cc(CSc2nnc(-c3ccccc3Cl)n2Cc2ccccc2)cs1. The van der Waals surface area contributed by atoms with Crippen LogP contribution in [0.25, 0.3) is 11.4 Å². The van der Waals surface area contributed by atoms with E-state index in [1.165, 1.54) is 11.8 Å².